The van der Waals surface area contributed by atoms with Crippen molar-refractivity contribution in [2.24, 2.45) is 5.92 Å². The number of aromatic nitrogens is 1. The molecule has 0 atom stereocenters. The average molecular weight is 354 g/mol. The predicted molar refractivity (Wildman–Crippen MR) is 102 cm³/mol. The first-order chi connectivity index (χ1) is 11.9. The highest BCUT2D eigenvalue weighted by Gasteiger charge is 2.16. The van der Waals surface area contributed by atoms with Crippen LogP contribution in [-0.4, -0.2) is 17.6 Å². The minimum Gasteiger partial charge on any atom is -0.462 e. The van der Waals surface area contributed by atoms with E-state index >= 15 is 0 Å². The Balaban J connectivity index is 2.13. The van der Waals surface area contributed by atoms with E-state index in [9.17, 15) is 4.79 Å². The van der Waals surface area contributed by atoms with Crippen LogP contribution < -0.4 is 0 Å². The second-order valence-corrected chi connectivity index (χ2v) is 7.01. The lowest BCUT2D eigenvalue weighted by molar-refractivity contribution is 0.0461. The van der Waals surface area contributed by atoms with Gasteiger partial charge < -0.3 is 4.74 Å². The molecule has 128 valence electrons. The van der Waals surface area contributed by atoms with E-state index in [0.29, 0.717) is 22.6 Å². The molecule has 0 fully saturated rings. The zero-order chi connectivity index (χ0) is 18.0. The second-order valence-electron chi connectivity index (χ2n) is 6.57. The number of pyridine rings is 1. The molecule has 1 aromatic heterocycles. The molecule has 3 rings (SSSR count). The Morgan fingerprint density at radius 3 is 2.52 bits per heavy atom. The van der Waals surface area contributed by atoms with Crippen molar-refractivity contribution < 1.29 is 9.53 Å². The Morgan fingerprint density at radius 1 is 1.12 bits per heavy atom. The molecule has 3 nitrogen and oxygen atoms in total. The number of carbonyl (C=O) groups is 1. The predicted octanol–water partition coefficient (Wildman–Crippen LogP) is 5.68. The number of ether oxygens (including phenoxy) is 1. The van der Waals surface area contributed by atoms with Crippen molar-refractivity contribution >= 4 is 28.5 Å². The van der Waals surface area contributed by atoms with E-state index < -0.39 is 0 Å². The van der Waals surface area contributed by atoms with E-state index in [2.05, 4.69) is 4.98 Å². The molecule has 0 aliphatic carbocycles. The third kappa shape index (κ3) is 3.99. The first-order valence-corrected chi connectivity index (χ1v) is 8.66. The molecule has 0 aliphatic rings. The largest absolute Gasteiger partial charge is 0.462 e. The molecule has 0 bridgehead atoms. The molecule has 25 heavy (non-hydrogen) atoms. The molecule has 4 heteroatoms. The molecule has 0 N–H and O–H groups in total. The van der Waals surface area contributed by atoms with Crippen molar-refractivity contribution in [2.75, 3.05) is 6.61 Å². The zero-order valence-electron chi connectivity index (χ0n) is 14.5. The summed E-state index contributed by atoms with van der Waals surface area (Å²) in [7, 11) is 0. The van der Waals surface area contributed by atoms with Crippen molar-refractivity contribution in [3.05, 3.63) is 64.7 Å². The standard InChI is InChI=1S/C21H20ClNO2/c1-13(2)12-25-21(24)18-11-20(15-6-4-14(3)5-7-15)23-19-9-8-16(22)10-17(18)19/h4-11,13H,12H2,1-3H3. The van der Waals surface area contributed by atoms with Gasteiger partial charge >= 0.3 is 5.97 Å². The Kier molecular flexibility index (Phi) is 5.05. The van der Waals surface area contributed by atoms with Gasteiger partial charge in [0.15, 0.2) is 0 Å². The quantitative estimate of drug-likeness (QED) is 0.567. The Labute approximate surface area is 152 Å². The Bertz CT molecular complexity index is 917. The van der Waals surface area contributed by atoms with Gasteiger partial charge in [-0.3, -0.25) is 0 Å². The highest BCUT2D eigenvalue weighted by Crippen LogP contribution is 2.28. The van der Waals surface area contributed by atoms with Crippen molar-refractivity contribution in [3.8, 4) is 11.3 Å². The van der Waals surface area contributed by atoms with Gasteiger partial charge in [0.1, 0.15) is 0 Å². The van der Waals surface area contributed by atoms with Crippen LogP contribution in [-0.2, 0) is 4.74 Å². The van der Waals surface area contributed by atoms with E-state index in [4.69, 9.17) is 16.3 Å². The molecule has 0 aliphatic heterocycles. The molecular weight excluding hydrogens is 334 g/mol. The topological polar surface area (TPSA) is 39.2 Å². The number of esters is 1. The van der Waals surface area contributed by atoms with Crippen LogP contribution in [0.1, 0.15) is 29.8 Å². The van der Waals surface area contributed by atoms with E-state index in [1.165, 1.54) is 5.56 Å². The summed E-state index contributed by atoms with van der Waals surface area (Å²) in [4.78, 5) is 17.3. The van der Waals surface area contributed by atoms with Gasteiger partial charge in [0.2, 0.25) is 0 Å². The lowest BCUT2D eigenvalue weighted by Crippen LogP contribution is -2.11. The minimum atomic E-state index is -0.350. The van der Waals surface area contributed by atoms with Gasteiger partial charge in [-0.25, -0.2) is 9.78 Å². The lowest BCUT2D eigenvalue weighted by atomic mass is 10.0. The number of nitrogens with zero attached hydrogens (tertiary/aromatic N) is 1. The highest BCUT2D eigenvalue weighted by atomic mass is 35.5. The molecule has 0 unspecified atom stereocenters. The molecule has 0 amide bonds. The maximum Gasteiger partial charge on any atom is 0.338 e. The van der Waals surface area contributed by atoms with Crippen LogP contribution in [0.4, 0.5) is 0 Å². The van der Waals surface area contributed by atoms with E-state index in [1.54, 1.807) is 18.2 Å². The maximum absolute atomic E-state index is 12.6. The van der Waals surface area contributed by atoms with Crippen LogP contribution in [0.25, 0.3) is 22.2 Å². The van der Waals surface area contributed by atoms with Crippen molar-refractivity contribution in [2.45, 2.75) is 20.8 Å². The first kappa shape index (κ1) is 17.4. The van der Waals surface area contributed by atoms with E-state index in [-0.39, 0.29) is 11.9 Å². The van der Waals surface area contributed by atoms with Crippen molar-refractivity contribution in [3.63, 3.8) is 0 Å². The van der Waals surface area contributed by atoms with Gasteiger partial charge in [-0.1, -0.05) is 55.3 Å². The minimum absolute atomic E-state index is 0.275. The maximum atomic E-state index is 12.6. The summed E-state index contributed by atoms with van der Waals surface area (Å²) < 4.78 is 5.44. The molecule has 0 radical (unpaired) electrons. The summed E-state index contributed by atoms with van der Waals surface area (Å²) >= 11 is 6.12. The summed E-state index contributed by atoms with van der Waals surface area (Å²) in [5, 5.41) is 1.27. The number of aryl methyl sites for hydroxylation is 1. The summed E-state index contributed by atoms with van der Waals surface area (Å²) in [6.45, 7) is 6.43. The van der Waals surface area contributed by atoms with Gasteiger partial charge in [0.25, 0.3) is 0 Å². The molecule has 0 saturated heterocycles. The second kappa shape index (κ2) is 7.24. The fraction of sp³-hybridized carbons (Fsp3) is 0.238. The van der Waals surface area contributed by atoms with Crippen molar-refractivity contribution in [1.82, 2.24) is 4.98 Å². The molecule has 3 aromatic rings. The van der Waals surface area contributed by atoms with Gasteiger partial charge in [-0.05, 0) is 37.1 Å². The van der Waals surface area contributed by atoms with Gasteiger partial charge in [0, 0.05) is 16.0 Å². The van der Waals surface area contributed by atoms with Crippen molar-refractivity contribution in [1.29, 1.82) is 0 Å². The van der Waals surface area contributed by atoms with Crippen LogP contribution >= 0.6 is 11.6 Å². The smallest absolute Gasteiger partial charge is 0.338 e. The van der Waals surface area contributed by atoms with Gasteiger partial charge in [-0.2, -0.15) is 0 Å². The molecule has 1 heterocycles. The van der Waals surface area contributed by atoms with Crippen LogP contribution in [0, 0.1) is 12.8 Å². The number of halogens is 1. The summed E-state index contributed by atoms with van der Waals surface area (Å²) in [6.07, 6.45) is 0. The van der Waals surface area contributed by atoms with Gasteiger partial charge in [0.05, 0.1) is 23.4 Å². The SMILES string of the molecule is Cc1ccc(-c2cc(C(=O)OCC(C)C)c3cc(Cl)ccc3n2)cc1. The number of hydrogen-bond donors (Lipinski definition) is 0. The number of hydrogen-bond acceptors (Lipinski definition) is 3. The lowest BCUT2D eigenvalue weighted by Gasteiger charge is -2.12. The summed E-state index contributed by atoms with van der Waals surface area (Å²) in [6, 6.07) is 15.2. The zero-order valence-corrected chi connectivity index (χ0v) is 15.3. The summed E-state index contributed by atoms with van der Waals surface area (Å²) in [5.41, 5.74) is 4.09. The molecular formula is C21H20ClNO2. The van der Waals surface area contributed by atoms with E-state index in [1.807, 2.05) is 51.1 Å². The molecule has 0 spiro atoms. The average Bonchev–Trinajstić information content (AvgIpc) is 2.59. The van der Waals surface area contributed by atoms with E-state index in [0.717, 1.165) is 16.8 Å². The summed E-state index contributed by atoms with van der Waals surface area (Å²) in [5.74, 6) is -0.0751. The normalized spacial score (nSPS) is 11.1. The number of rotatable bonds is 4. The Morgan fingerprint density at radius 2 is 1.84 bits per heavy atom. The first-order valence-electron chi connectivity index (χ1n) is 8.28. The number of carbonyl (C=O) groups excluding carboxylic acids is 1. The number of benzene rings is 2. The monoisotopic (exact) mass is 353 g/mol. The van der Waals surface area contributed by atoms with Crippen LogP contribution in [0.15, 0.2) is 48.5 Å². The van der Waals surface area contributed by atoms with Gasteiger partial charge in [-0.15, -0.1) is 0 Å². The van der Waals surface area contributed by atoms with Crippen LogP contribution in [0.5, 0.6) is 0 Å². The highest BCUT2D eigenvalue weighted by molar-refractivity contribution is 6.31. The van der Waals surface area contributed by atoms with Crippen LogP contribution in [0.2, 0.25) is 5.02 Å². The fourth-order valence-electron chi connectivity index (χ4n) is 2.56. The fourth-order valence-corrected chi connectivity index (χ4v) is 2.73. The molecule has 2 aromatic carbocycles. The third-order valence-corrected chi connectivity index (χ3v) is 4.12. The van der Waals surface area contributed by atoms with Crippen LogP contribution in [0.3, 0.4) is 0 Å². The molecule has 0 saturated carbocycles. The Hall–Kier alpha value is -2.39. The third-order valence-electron chi connectivity index (χ3n) is 3.89. The number of fused-ring (bicyclic) bond motifs is 1.